The maximum Gasteiger partial charge on any atom is 0.635 e. The van der Waals surface area contributed by atoms with Crippen molar-refractivity contribution in [2.75, 3.05) is 0 Å². The molecule has 0 bridgehead atoms. The number of aryl methyl sites for hydroxylation is 1. The van der Waals surface area contributed by atoms with Gasteiger partial charge in [-0.1, -0.05) is 66.2 Å². The maximum absolute atomic E-state index is 15.2. The summed E-state index contributed by atoms with van der Waals surface area (Å²) in [6, 6.07) is 21.9. The monoisotopic (exact) mass is 479 g/mol. The number of aromatic nitrogens is 1. The highest BCUT2D eigenvalue weighted by Crippen LogP contribution is 2.17. The Bertz CT molecular complexity index is 1140. The van der Waals surface area contributed by atoms with E-state index in [9.17, 15) is 19.6 Å². The number of amides is 2. The minimum atomic E-state index is -2.95. The van der Waals surface area contributed by atoms with E-state index in [4.69, 9.17) is 4.65 Å². The van der Waals surface area contributed by atoms with Gasteiger partial charge in [-0.05, 0) is 31.5 Å². The zero-order valence-corrected chi connectivity index (χ0v) is 19.4. The summed E-state index contributed by atoms with van der Waals surface area (Å²) in [5.74, 6) is -2.45. The smallest absolute Gasteiger partial charge is 0.402 e. The molecular weight excluding hydrogens is 452 g/mol. The van der Waals surface area contributed by atoms with Crippen LogP contribution in [-0.4, -0.2) is 46.1 Å². The highest BCUT2D eigenvalue weighted by molar-refractivity contribution is 6.32. The van der Waals surface area contributed by atoms with Gasteiger partial charge in [0.1, 0.15) is 6.23 Å². The second-order valence-corrected chi connectivity index (χ2v) is 8.18. The maximum atomic E-state index is 15.2. The van der Waals surface area contributed by atoms with Gasteiger partial charge in [-0.3, -0.25) is 14.6 Å². The summed E-state index contributed by atoms with van der Waals surface area (Å²) in [5.41, 5.74) is 0.828. The quantitative estimate of drug-likeness (QED) is 0.201. The molecule has 3 rings (SSSR count). The lowest BCUT2D eigenvalue weighted by molar-refractivity contribution is -0.146. The summed E-state index contributed by atoms with van der Waals surface area (Å²) >= 11 is 0. The number of hydrogen-bond acceptors (Lipinski definition) is 6. The molecule has 0 saturated heterocycles. The van der Waals surface area contributed by atoms with Crippen LogP contribution in [-0.2, 0) is 27.2 Å². The van der Waals surface area contributed by atoms with Gasteiger partial charge in [0.25, 0.3) is 17.5 Å². The van der Waals surface area contributed by atoms with Crippen LogP contribution in [0.3, 0.4) is 0 Å². The van der Waals surface area contributed by atoms with Gasteiger partial charge in [-0.15, -0.1) is 0 Å². The second kappa shape index (κ2) is 11.7. The van der Waals surface area contributed by atoms with Gasteiger partial charge in [0, 0.05) is 12.0 Å². The fraction of sp³-hybridized carbons (Fsp3) is 0.240. The molecule has 2 aromatic carbocycles. The zero-order valence-electron chi connectivity index (χ0n) is 19.4. The van der Waals surface area contributed by atoms with Crippen LogP contribution in [0, 0.1) is 6.92 Å². The molecule has 0 radical (unpaired) electrons. The molecule has 3 aromatic rings. The van der Waals surface area contributed by atoms with E-state index in [1.54, 1.807) is 24.3 Å². The first kappa shape index (κ1) is 26.0. The number of carbonyl (C=O) groups is 2. The third-order valence-corrected chi connectivity index (χ3v) is 5.28. The molecule has 0 saturated carbocycles. The van der Waals surface area contributed by atoms with Crippen LogP contribution in [0.25, 0.3) is 11.3 Å². The molecule has 182 valence electrons. The molecule has 0 aliphatic heterocycles. The Morgan fingerprint density at radius 3 is 2.37 bits per heavy atom. The number of pyridine rings is 1. The van der Waals surface area contributed by atoms with Crippen molar-refractivity contribution < 1.29 is 28.7 Å². The van der Waals surface area contributed by atoms with Gasteiger partial charge in [-0.2, -0.15) is 0 Å². The number of alkyl halides is 1. The highest BCUT2D eigenvalue weighted by Gasteiger charge is 2.42. The third-order valence-electron chi connectivity index (χ3n) is 5.28. The van der Waals surface area contributed by atoms with E-state index in [1.807, 2.05) is 55.5 Å². The third kappa shape index (κ3) is 7.44. The lowest BCUT2D eigenvalue weighted by atomic mass is 10.1. The van der Waals surface area contributed by atoms with Crippen LogP contribution in [0.1, 0.15) is 23.7 Å². The standard InChI is InChI=1S/C25H27BFN3O5/c1-17-11-13-18(14-12-17)15-22(35-26(33)34)30-24(32)25(2,27)23(31)28-16-20-9-6-10-21(29-20)19-7-4-3-5-8-19/h3-14,22,33-34H,15-16H2,1-2H3,(H,28,31)(H,30,32)/t22-,25?/m1/s1. The van der Waals surface area contributed by atoms with Gasteiger partial charge in [0.05, 0.1) is 17.9 Å². The minimum absolute atomic E-state index is 0.0253. The van der Waals surface area contributed by atoms with E-state index < -0.39 is 31.0 Å². The number of carbonyl (C=O) groups excluding carboxylic acids is 2. The molecule has 35 heavy (non-hydrogen) atoms. The van der Waals surface area contributed by atoms with Crippen molar-refractivity contribution >= 4 is 19.1 Å². The molecule has 1 heterocycles. The Kier molecular flexibility index (Phi) is 8.70. The molecule has 1 unspecified atom stereocenters. The van der Waals surface area contributed by atoms with Crippen molar-refractivity contribution in [1.82, 2.24) is 15.6 Å². The van der Waals surface area contributed by atoms with Crippen LogP contribution in [0.15, 0.2) is 72.8 Å². The summed E-state index contributed by atoms with van der Waals surface area (Å²) in [6.07, 6.45) is -1.25. The summed E-state index contributed by atoms with van der Waals surface area (Å²) in [6.45, 7) is 2.63. The summed E-state index contributed by atoms with van der Waals surface area (Å²) in [5, 5.41) is 23.0. The highest BCUT2D eigenvalue weighted by atomic mass is 19.1. The topological polar surface area (TPSA) is 121 Å². The van der Waals surface area contributed by atoms with Crippen LogP contribution >= 0.6 is 0 Å². The van der Waals surface area contributed by atoms with Crippen molar-refractivity contribution in [3.05, 3.63) is 89.6 Å². The van der Waals surface area contributed by atoms with Crippen molar-refractivity contribution in [2.24, 2.45) is 0 Å². The molecule has 0 spiro atoms. The fourth-order valence-corrected chi connectivity index (χ4v) is 3.29. The molecular formula is C25H27BFN3O5. The van der Waals surface area contributed by atoms with Crippen molar-refractivity contribution in [3.8, 4) is 11.3 Å². The predicted molar refractivity (Wildman–Crippen MR) is 129 cm³/mol. The minimum Gasteiger partial charge on any atom is -0.402 e. The average molecular weight is 479 g/mol. The molecule has 8 nitrogen and oxygen atoms in total. The predicted octanol–water partition coefficient (Wildman–Crippen LogP) is 2.07. The summed E-state index contributed by atoms with van der Waals surface area (Å²) in [7, 11) is -2.20. The number of benzene rings is 2. The van der Waals surface area contributed by atoms with Gasteiger partial charge >= 0.3 is 7.32 Å². The SMILES string of the molecule is Cc1ccc(C[C@H](NC(=O)C(C)(F)C(=O)NCc2cccc(-c3ccccc3)n2)OB(O)O)cc1. The number of hydrogen-bond donors (Lipinski definition) is 4. The second-order valence-electron chi connectivity index (χ2n) is 8.18. The number of nitrogens with zero attached hydrogens (tertiary/aromatic N) is 1. The zero-order chi connectivity index (χ0) is 25.4. The van der Waals surface area contributed by atoms with E-state index in [0.717, 1.165) is 18.1 Å². The Balaban J connectivity index is 1.63. The molecule has 4 N–H and O–H groups in total. The molecule has 0 fully saturated rings. The van der Waals surface area contributed by atoms with Gasteiger partial charge in [0.15, 0.2) is 0 Å². The number of halogens is 1. The fourth-order valence-electron chi connectivity index (χ4n) is 3.29. The van der Waals surface area contributed by atoms with E-state index >= 15 is 4.39 Å². The van der Waals surface area contributed by atoms with E-state index in [0.29, 0.717) is 17.0 Å². The molecule has 1 aromatic heterocycles. The summed E-state index contributed by atoms with van der Waals surface area (Å²) in [4.78, 5) is 29.6. The number of nitrogens with one attached hydrogen (secondary N) is 2. The molecule has 2 amide bonds. The van der Waals surface area contributed by atoms with Crippen LogP contribution < -0.4 is 10.6 Å². The lowest BCUT2D eigenvalue weighted by Gasteiger charge is -2.24. The lowest BCUT2D eigenvalue weighted by Crippen LogP contribution is -2.55. The molecule has 2 atom stereocenters. The average Bonchev–Trinajstić information content (AvgIpc) is 2.84. The van der Waals surface area contributed by atoms with Crippen molar-refractivity contribution in [1.29, 1.82) is 0 Å². The van der Waals surface area contributed by atoms with Crippen molar-refractivity contribution in [2.45, 2.75) is 38.7 Å². The van der Waals surface area contributed by atoms with E-state index in [-0.39, 0.29) is 13.0 Å². The largest absolute Gasteiger partial charge is 0.635 e. The van der Waals surface area contributed by atoms with Crippen molar-refractivity contribution in [3.63, 3.8) is 0 Å². The molecule has 10 heteroatoms. The Hall–Kier alpha value is -3.60. The van der Waals surface area contributed by atoms with E-state index in [2.05, 4.69) is 15.6 Å². The van der Waals surface area contributed by atoms with Gasteiger partial charge in [-0.25, -0.2) is 4.39 Å². The van der Waals surface area contributed by atoms with Crippen LogP contribution in [0.5, 0.6) is 0 Å². The first-order valence-corrected chi connectivity index (χ1v) is 11.0. The Morgan fingerprint density at radius 2 is 1.71 bits per heavy atom. The molecule has 0 aliphatic rings. The number of rotatable bonds is 10. The first-order chi connectivity index (χ1) is 16.6. The van der Waals surface area contributed by atoms with E-state index in [1.165, 1.54) is 0 Å². The molecule has 0 aliphatic carbocycles. The van der Waals surface area contributed by atoms with Crippen LogP contribution in [0.4, 0.5) is 4.39 Å². The van der Waals surface area contributed by atoms with Gasteiger partial charge in [0.2, 0.25) is 0 Å². The Morgan fingerprint density at radius 1 is 1.03 bits per heavy atom. The van der Waals surface area contributed by atoms with Gasteiger partial charge < -0.3 is 25.3 Å². The summed E-state index contributed by atoms with van der Waals surface area (Å²) < 4.78 is 20.1. The normalized spacial score (nSPS) is 13.4. The van der Waals surface area contributed by atoms with Crippen LogP contribution in [0.2, 0.25) is 0 Å². The Labute approximate surface area is 203 Å². The first-order valence-electron chi connectivity index (χ1n) is 11.0.